The van der Waals surface area contributed by atoms with Crippen LogP contribution in [0.3, 0.4) is 0 Å². The van der Waals surface area contributed by atoms with E-state index in [9.17, 15) is 9.59 Å². The predicted octanol–water partition coefficient (Wildman–Crippen LogP) is 2.32. The van der Waals surface area contributed by atoms with Gasteiger partial charge in [-0.25, -0.2) is 0 Å². The van der Waals surface area contributed by atoms with Crippen LogP contribution in [0.5, 0.6) is 0 Å². The molecule has 4 heteroatoms. The molecule has 0 aromatic heterocycles. The van der Waals surface area contributed by atoms with Crippen LogP contribution in [0, 0.1) is 0 Å². The van der Waals surface area contributed by atoms with E-state index in [-0.39, 0.29) is 17.1 Å². The lowest BCUT2D eigenvalue weighted by Gasteiger charge is -2.20. The highest BCUT2D eigenvalue weighted by Crippen LogP contribution is 2.21. The summed E-state index contributed by atoms with van der Waals surface area (Å²) in [5.74, 6) is -0.118. The number of hydrogen-bond donors (Lipinski definition) is 2. The van der Waals surface area contributed by atoms with E-state index in [0.29, 0.717) is 13.0 Å². The van der Waals surface area contributed by atoms with Crippen molar-refractivity contribution in [1.82, 2.24) is 5.32 Å². The first-order valence-corrected chi connectivity index (χ1v) is 9.89. The third kappa shape index (κ3) is 6.93. The Morgan fingerprint density at radius 1 is 0.964 bits per heavy atom. The minimum atomic E-state index is -0.478. The van der Waals surface area contributed by atoms with Gasteiger partial charge in [-0.1, -0.05) is 75.4 Å². The van der Waals surface area contributed by atoms with Crippen LogP contribution in [0.2, 0.25) is 0 Å². The first-order valence-electron chi connectivity index (χ1n) is 9.89. The van der Waals surface area contributed by atoms with Crippen molar-refractivity contribution in [3.8, 4) is 0 Å². The predicted molar refractivity (Wildman–Crippen MR) is 113 cm³/mol. The number of likely N-dealkylation sites (N-methyl/N-ethyl adjacent to an activating group) is 1. The highest BCUT2D eigenvalue weighted by Gasteiger charge is 2.20. The van der Waals surface area contributed by atoms with Gasteiger partial charge in [0.2, 0.25) is 0 Å². The van der Waals surface area contributed by atoms with Crippen LogP contribution in [0.25, 0.3) is 0 Å². The highest BCUT2D eigenvalue weighted by molar-refractivity contribution is 5.88. The summed E-state index contributed by atoms with van der Waals surface area (Å²) in [6.45, 7) is 9.22. The van der Waals surface area contributed by atoms with Gasteiger partial charge in [-0.05, 0) is 29.9 Å². The first-order chi connectivity index (χ1) is 13.1. The van der Waals surface area contributed by atoms with Crippen molar-refractivity contribution in [2.24, 2.45) is 0 Å². The zero-order valence-electron chi connectivity index (χ0n) is 17.7. The molecule has 1 unspecified atom stereocenters. The summed E-state index contributed by atoms with van der Waals surface area (Å²) in [7, 11) is 2.00. The van der Waals surface area contributed by atoms with Gasteiger partial charge in [-0.3, -0.25) is 9.59 Å². The quantitative estimate of drug-likeness (QED) is 0.737. The molecule has 28 heavy (non-hydrogen) atoms. The van der Waals surface area contributed by atoms with E-state index >= 15 is 0 Å². The molecule has 0 saturated carbocycles. The average Bonchev–Trinajstić information content (AvgIpc) is 2.61. The molecule has 0 fully saturated rings. The molecule has 2 atom stereocenters. The van der Waals surface area contributed by atoms with Crippen molar-refractivity contribution in [3.05, 3.63) is 71.3 Å². The van der Waals surface area contributed by atoms with Crippen LogP contribution < -0.4 is 10.2 Å². The second-order valence-corrected chi connectivity index (χ2v) is 8.68. The zero-order valence-corrected chi connectivity index (χ0v) is 17.7. The first kappa shape index (κ1) is 21.8. The van der Waals surface area contributed by atoms with Crippen LogP contribution in [-0.4, -0.2) is 31.3 Å². The molecule has 0 aliphatic rings. The number of carbonyl (C=O) groups is 2. The Morgan fingerprint density at radius 2 is 1.57 bits per heavy atom. The Morgan fingerprint density at radius 3 is 2.11 bits per heavy atom. The molecule has 0 spiro atoms. The molecule has 0 heterocycles. The van der Waals surface area contributed by atoms with E-state index < -0.39 is 6.04 Å². The fourth-order valence-corrected chi connectivity index (χ4v) is 3.20. The maximum atomic E-state index is 12.5. The minimum Gasteiger partial charge on any atom is -0.341 e. The molecule has 4 nitrogen and oxygen atoms in total. The largest absolute Gasteiger partial charge is 0.341 e. The van der Waals surface area contributed by atoms with Crippen LogP contribution in [0.1, 0.15) is 44.4 Å². The normalized spacial score (nSPS) is 13.6. The van der Waals surface area contributed by atoms with Gasteiger partial charge in [0.25, 0.3) is 5.91 Å². The minimum absolute atomic E-state index is 0.0207. The number of quaternary nitrogens is 1. The van der Waals surface area contributed by atoms with Gasteiger partial charge in [-0.2, -0.15) is 0 Å². The fourth-order valence-electron chi connectivity index (χ4n) is 3.20. The average molecular weight is 382 g/mol. The molecule has 0 bridgehead atoms. The van der Waals surface area contributed by atoms with E-state index in [4.69, 9.17) is 0 Å². The molecule has 2 aromatic carbocycles. The van der Waals surface area contributed by atoms with Crippen molar-refractivity contribution in [3.63, 3.8) is 0 Å². The molecule has 2 rings (SSSR count). The zero-order chi connectivity index (χ0) is 20.7. The lowest BCUT2D eigenvalue weighted by Crippen LogP contribution is -3.09. The molecular weight excluding hydrogens is 348 g/mol. The van der Waals surface area contributed by atoms with Gasteiger partial charge < -0.3 is 10.2 Å². The van der Waals surface area contributed by atoms with Gasteiger partial charge in [0.1, 0.15) is 6.54 Å². The van der Waals surface area contributed by atoms with Crippen molar-refractivity contribution in [1.29, 1.82) is 0 Å². The smallest absolute Gasteiger partial charge is 0.275 e. The van der Waals surface area contributed by atoms with Gasteiger partial charge >= 0.3 is 0 Å². The van der Waals surface area contributed by atoms with Gasteiger partial charge in [-0.15, -0.1) is 0 Å². The maximum Gasteiger partial charge on any atom is 0.275 e. The third-order valence-corrected chi connectivity index (χ3v) is 4.90. The SMILES string of the molecule is CC(=O)[C@@H](Cc1ccccc1)NC(=O)C[NH+](C)Cc1ccc(C(C)(C)C)cc1. The molecule has 2 N–H and O–H groups in total. The topological polar surface area (TPSA) is 50.6 Å². The number of ketones is 1. The van der Waals surface area contributed by atoms with Crippen molar-refractivity contribution in [2.45, 2.75) is 52.1 Å². The molecule has 0 aliphatic carbocycles. The monoisotopic (exact) mass is 381 g/mol. The fraction of sp³-hybridized carbons (Fsp3) is 0.417. The Balaban J connectivity index is 1.89. The summed E-state index contributed by atoms with van der Waals surface area (Å²) in [5.41, 5.74) is 3.68. The summed E-state index contributed by atoms with van der Waals surface area (Å²) in [5, 5.41) is 2.90. The second kappa shape index (κ2) is 9.65. The summed E-state index contributed by atoms with van der Waals surface area (Å²) in [4.78, 5) is 25.5. The Hall–Kier alpha value is -2.46. The standard InChI is InChI=1S/C24H32N2O2/c1-18(27)22(15-19-9-7-6-8-10-19)25-23(28)17-26(5)16-20-11-13-21(14-12-20)24(2,3)4/h6-14,22H,15-17H2,1-5H3,(H,25,28)/p+1/t22-/m1/s1. The van der Waals surface area contributed by atoms with Crippen LogP contribution in [-0.2, 0) is 28.0 Å². The van der Waals surface area contributed by atoms with E-state index in [0.717, 1.165) is 17.0 Å². The summed E-state index contributed by atoms with van der Waals surface area (Å²) < 4.78 is 0. The molecule has 0 aliphatic heterocycles. The molecule has 1 amide bonds. The van der Waals surface area contributed by atoms with Gasteiger partial charge in [0.05, 0.1) is 13.1 Å². The van der Waals surface area contributed by atoms with Crippen molar-refractivity contribution in [2.75, 3.05) is 13.6 Å². The molecule has 150 valence electrons. The van der Waals surface area contributed by atoms with Gasteiger partial charge in [0.15, 0.2) is 12.3 Å². The number of benzene rings is 2. The molecule has 0 radical (unpaired) electrons. The van der Waals surface area contributed by atoms with Crippen LogP contribution >= 0.6 is 0 Å². The van der Waals surface area contributed by atoms with E-state index in [1.807, 2.05) is 37.4 Å². The molecule has 2 aromatic rings. The Labute approximate surface area is 169 Å². The number of hydrogen-bond acceptors (Lipinski definition) is 2. The number of Topliss-reactive ketones (excluding diaryl/α,β-unsaturated/α-hetero) is 1. The van der Waals surface area contributed by atoms with Gasteiger partial charge in [0, 0.05) is 5.56 Å². The van der Waals surface area contributed by atoms with E-state index in [1.54, 1.807) is 0 Å². The second-order valence-electron chi connectivity index (χ2n) is 8.68. The Bertz CT molecular complexity index is 777. The Kier molecular flexibility index (Phi) is 7.53. The number of rotatable bonds is 8. The molecular formula is C24H33N2O2+. The van der Waals surface area contributed by atoms with Crippen LogP contribution in [0.4, 0.5) is 0 Å². The van der Waals surface area contributed by atoms with Crippen molar-refractivity contribution >= 4 is 11.7 Å². The number of carbonyl (C=O) groups excluding carboxylic acids is 2. The van der Waals surface area contributed by atoms with Crippen LogP contribution in [0.15, 0.2) is 54.6 Å². The third-order valence-electron chi connectivity index (χ3n) is 4.90. The summed E-state index contributed by atoms with van der Waals surface area (Å²) in [6.07, 6.45) is 0.523. The highest BCUT2D eigenvalue weighted by atomic mass is 16.2. The summed E-state index contributed by atoms with van der Waals surface area (Å²) >= 11 is 0. The van der Waals surface area contributed by atoms with Crippen molar-refractivity contribution < 1.29 is 14.5 Å². The number of nitrogens with one attached hydrogen (secondary N) is 2. The van der Waals surface area contributed by atoms with E-state index in [2.05, 4.69) is 50.4 Å². The molecule has 0 saturated heterocycles. The van der Waals surface area contributed by atoms with E-state index in [1.165, 1.54) is 18.1 Å². The maximum absolute atomic E-state index is 12.5. The number of amides is 1. The summed E-state index contributed by atoms with van der Waals surface area (Å²) in [6, 6.07) is 17.9. The lowest BCUT2D eigenvalue weighted by molar-refractivity contribution is -0.885. The lowest BCUT2D eigenvalue weighted by atomic mass is 9.87.